The molecule has 5 nitrogen and oxygen atoms in total. The van der Waals surface area contributed by atoms with Gasteiger partial charge in [0.1, 0.15) is 0 Å². The molecule has 1 aliphatic heterocycles. The highest BCUT2D eigenvalue weighted by atomic mass is 16.5. The maximum atomic E-state index is 10.6. The van der Waals surface area contributed by atoms with Gasteiger partial charge in [-0.25, -0.2) is 0 Å². The molecule has 0 aliphatic carbocycles. The van der Waals surface area contributed by atoms with Crippen LogP contribution in [0.4, 0.5) is 0 Å². The van der Waals surface area contributed by atoms with Crippen molar-refractivity contribution in [1.29, 1.82) is 0 Å². The summed E-state index contributed by atoms with van der Waals surface area (Å²) in [7, 11) is 0. The predicted octanol–water partition coefficient (Wildman–Crippen LogP) is -0.828. The number of amides is 1. The lowest BCUT2D eigenvalue weighted by Gasteiger charge is -2.27. The van der Waals surface area contributed by atoms with Crippen molar-refractivity contribution in [3.63, 3.8) is 0 Å². The molecule has 88 valence electrons. The van der Waals surface area contributed by atoms with E-state index >= 15 is 0 Å². The third-order valence-corrected chi connectivity index (χ3v) is 2.53. The molecule has 15 heavy (non-hydrogen) atoms. The van der Waals surface area contributed by atoms with Gasteiger partial charge >= 0.3 is 0 Å². The Balaban J connectivity index is 2.02. The summed E-state index contributed by atoms with van der Waals surface area (Å²) < 4.78 is 5.26. The number of hydrogen-bond acceptors (Lipinski definition) is 4. The smallest absolute Gasteiger partial charge is 0.218 e. The molecule has 0 aromatic carbocycles. The highest BCUT2D eigenvalue weighted by molar-refractivity contribution is 5.74. The fourth-order valence-electron chi connectivity index (χ4n) is 1.67. The Hall–Kier alpha value is -0.650. The number of morpholine rings is 1. The normalized spacial score (nSPS) is 20.1. The van der Waals surface area contributed by atoms with Crippen molar-refractivity contribution in [1.82, 2.24) is 10.2 Å². The molecule has 1 fully saturated rings. The van der Waals surface area contributed by atoms with Gasteiger partial charge in [0.05, 0.1) is 13.2 Å². The van der Waals surface area contributed by atoms with E-state index in [2.05, 4.69) is 10.2 Å². The van der Waals surface area contributed by atoms with Crippen LogP contribution in [-0.4, -0.2) is 56.2 Å². The molecule has 0 aromatic rings. The number of carbonyl (C=O) groups is 1. The maximum Gasteiger partial charge on any atom is 0.218 e. The summed E-state index contributed by atoms with van der Waals surface area (Å²) in [5.41, 5.74) is 5.10. The van der Waals surface area contributed by atoms with Crippen LogP contribution in [0.2, 0.25) is 0 Å². The molecule has 0 spiro atoms. The third-order valence-electron chi connectivity index (χ3n) is 2.53. The minimum absolute atomic E-state index is 0.170. The third kappa shape index (κ3) is 5.71. The predicted molar refractivity (Wildman–Crippen MR) is 58.5 cm³/mol. The van der Waals surface area contributed by atoms with E-state index in [9.17, 15) is 4.79 Å². The number of nitrogens with two attached hydrogens (primary N) is 1. The zero-order valence-electron chi connectivity index (χ0n) is 9.37. The second-order valence-electron chi connectivity index (χ2n) is 3.98. The van der Waals surface area contributed by atoms with Crippen LogP contribution in [0.25, 0.3) is 0 Å². The van der Waals surface area contributed by atoms with E-state index in [1.165, 1.54) is 0 Å². The molecule has 0 bridgehead atoms. The molecule has 1 atom stereocenters. The van der Waals surface area contributed by atoms with Crippen molar-refractivity contribution < 1.29 is 9.53 Å². The van der Waals surface area contributed by atoms with Crippen molar-refractivity contribution >= 4 is 5.91 Å². The molecule has 1 unspecified atom stereocenters. The number of nitrogens with zero attached hydrogens (tertiary/aromatic N) is 1. The van der Waals surface area contributed by atoms with Crippen LogP contribution in [-0.2, 0) is 9.53 Å². The van der Waals surface area contributed by atoms with Crippen LogP contribution < -0.4 is 11.1 Å². The van der Waals surface area contributed by atoms with E-state index in [-0.39, 0.29) is 11.9 Å². The highest BCUT2D eigenvalue weighted by Gasteiger charge is 2.10. The van der Waals surface area contributed by atoms with Gasteiger partial charge in [0, 0.05) is 38.6 Å². The van der Waals surface area contributed by atoms with E-state index in [0.29, 0.717) is 6.42 Å². The van der Waals surface area contributed by atoms with E-state index in [1.807, 2.05) is 6.92 Å². The summed E-state index contributed by atoms with van der Waals surface area (Å²) in [5, 5.41) is 3.28. The average Bonchev–Trinajstić information content (AvgIpc) is 2.18. The van der Waals surface area contributed by atoms with E-state index in [1.54, 1.807) is 0 Å². The minimum Gasteiger partial charge on any atom is -0.379 e. The van der Waals surface area contributed by atoms with Crippen molar-refractivity contribution in [3.05, 3.63) is 0 Å². The van der Waals surface area contributed by atoms with Gasteiger partial charge in [-0.3, -0.25) is 9.69 Å². The van der Waals surface area contributed by atoms with E-state index in [4.69, 9.17) is 10.5 Å². The minimum atomic E-state index is -0.249. The van der Waals surface area contributed by atoms with Gasteiger partial charge in [-0.15, -0.1) is 0 Å². The molecule has 0 aromatic heterocycles. The van der Waals surface area contributed by atoms with E-state index < -0.39 is 0 Å². The van der Waals surface area contributed by atoms with Crippen molar-refractivity contribution in [3.8, 4) is 0 Å². The summed E-state index contributed by atoms with van der Waals surface area (Å²) in [6.45, 7) is 7.55. The zero-order valence-corrected chi connectivity index (χ0v) is 9.37. The standard InChI is InChI=1S/C10H21N3O2/c1-9(8-10(11)14)12-2-3-13-4-6-15-7-5-13/h9,12H,2-8H2,1H3,(H2,11,14). The fraction of sp³-hybridized carbons (Fsp3) is 0.900. The Morgan fingerprint density at radius 3 is 2.80 bits per heavy atom. The summed E-state index contributed by atoms with van der Waals surface area (Å²) in [5.74, 6) is -0.249. The highest BCUT2D eigenvalue weighted by Crippen LogP contribution is 1.95. The maximum absolute atomic E-state index is 10.6. The number of primary amides is 1. The first kappa shape index (κ1) is 12.4. The average molecular weight is 215 g/mol. The van der Waals surface area contributed by atoms with Crippen LogP contribution in [0.15, 0.2) is 0 Å². The van der Waals surface area contributed by atoms with Gasteiger partial charge in [0.15, 0.2) is 0 Å². The number of rotatable bonds is 6. The molecule has 1 rings (SSSR count). The lowest BCUT2D eigenvalue weighted by molar-refractivity contribution is -0.118. The number of hydrogen-bond donors (Lipinski definition) is 2. The van der Waals surface area contributed by atoms with Crippen molar-refractivity contribution in [2.45, 2.75) is 19.4 Å². The summed E-state index contributed by atoms with van der Waals surface area (Å²) >= 11 is 0. The molecule has 1 saturated heterocycles. The summed E-state index contributed by atoms with van der Waals surface area (Å²) in [6.07, 6.45) is 0.406. The first-order valence-electron chi connectivity index (χ1n) is 5.50. The van der Waals surface area contributed by atoms with Crippen molar-refractivity contribution in [2.75, 3.05) is 39.4 Å². The number of nitrogens with one attached hydrogen (secondary N) is 1. The Morgan fingerprint density at radius 1 is 1.53 bits per heavy atom. The molecule has 0 saturated carbocycles. The Bertz CT molecular complexity index is 193. The van der Waals surface area contributed by atoms with Crippen LogP contribution in [0.5, 0.6) is 0 Å². The molecule has 1 amide bonds. The van der Waals surface area contributed by atoms with Crippen molar-refractivity contribution in [2.24, 2.45) is 5.73 Å². The first-order chi connectivity index (χ1) is 7.18. The van der Waals surface area contributed by atoms with E-state index in [0.717, 1.165) is 39.4 Å². The number of carbonyl (C=O) groups excluding carboxylic acids is 1. The summed E-state index contributed by atoms with van der Waals surface area (Å²) in [6, 6.07) is 0.170. The Kier molecular flexibility index (Phi) is 5.60. The van der Waals surface area contributed by atoms with Crippen LogP contribution in [0, 0.1) is 0 Å². The fourth-order valence-corrected chi connectivity index (χ4v) is 1.67. The monoisotopic (exact) mass is 215 g/mol. The quantitative estimate of drug-likeness (QED) is 0.607. The molecular weight excluding hydrogens is 194 g/mol. The zero-order chi connectivity index (χ0) is 11.1. The molecule has 5 heteroatoms. The topological polar surface area (TPSA) is 67.6 Å². The first-order valence-corrected chi connectivity index (χ1v) is 5.50. The van der Waals surface area contributed by atoms with Gasteiger partial charge in [-0.05, 0) is 6.92 Å². The molecular formula is C10H21N3O2. The van der Waals surface area contributed by atoms with Gasteiger partial charge in [-0.1, -0.05) is 0 Å². The van der Waals surface area contributed by atoms with Gasteiger partial charge in [-0.2, -0.15) is 0 Å². The lowest BCUT2D eigenvalue weighted by atomic mass is 10.2. The van der Waals surface area contributed by atoms with Crippen LogP contribution in [0.3, 0.4) is 0 Å². The second kappa shape index (κ2) is 6.76. The largest absolute Gasteiger partial charge is 0.379 e. The Morgan fingerprint density at radius 2 is 2.20 bits per heavy atom. The van der Waals surface area contributed by atoms with Gasteiger partial charge in [0.2, 0.25) is 5.91 Å². The Labute approximate surface area is 90.9 Å². The van der Waals surface area contributed by atoms with Gasteiger partial charge in [0.25, 0.3) is 0 Å². The van der Waals surface area contributed by atoms with Crippen LogP contribution in [0.1, 0.15) is 13.3 Å². The number of ether oxygens (including phenoxy) is 1. The molecule has 3 N–H and O–H groups in total. The molecule has 1 aliphatic rings. The van der Waals surface area contributed by atoms with Crippen LogP contribution >= 0.6 is 0 Å². The SMILES string of the molecule is CC(CC(N)=O)NCCN1CCOCC1. The second-order valence-corrected chi connectivity index (χ2v) is 3.98. The summed E-state index contributed by atoms with van der Waals surface area (Å²) in [4.78, 5) is 13.0. The molecule has 1 heterocycles. The molecule has 0 radical (unpaired) electrons. The van der Waals surface area contributed by atoms with Gasteiger partial charge < -0.3 is 15.8 Å². The lowest BCUT2D eigenvalue weighted by Crippen LogP contribution is -2.42.